The Hall–Kier alpha value is -2.64. The molecule has 4 heterocycles. The van der Waals surface area contributed by atoms with Crippen LogP contribution >= 0.6 is 11.8 Å². The quantitative estimate of drug-likeness (QED) is 0.662. The molecule has 2 aliphatic rings. The zero-order chi connectivity index (χ0) is 19.8. The molecule has 1 atom stereocenters. The summed E-state index contributed by atoms with van der Waals surface area (Å²) in [5.74, 6) is 0.945. The van der Waals surface area contributed by atoms with Gasteiger partial charge in [0.25, 0.3) is 0 Å². The molecule has 2 aromatic heterocycles. The van der Waals surface area contributed by atoms with Crippen LogP contribution in [0.2, 0.25) is 0 Å². The summed E-state index contributed by atoms with van der Waals surface area (Å²) in [7, 11) is 0. The van der Waals surface area contributed by atoms with Gasteiger partial charge in [0, 0.05) is 36.5 Å². The third kappa shape index (κ3) is 3.68. The van der Waals surface area contributed by atoms with E-state index in [1.165, 1.54) is 17.3 Å². The number of anilines is 1. The number of fused-ring (bicyclic) bond motifs is 1. The summed E-state index contributed by atoms with van der Waals surface area (Å²) in [6, 6.07) is 12.4. The number of carbonyl (C=O) groups excluding carboxylic acids is 1. The maximum Gasteiger partial charge on any atom is 0.198 e. The van der Waals surface area contributed by atoms with E-state index < -0.39 is 0 Å². The summed E-state index contributed by atoms with van der Waals surface area (Å²) in [5, 5.41) is 4.98. The van der Waals surface area contributed by atoms with E-state index in [0.717, 1.165) is 54.0 Å². The molecule has 148 valence electrons. The van der Waals surface area contributed by atoms with Crippen molar-refractivity contribution in [2.75, 3.05) is 31.2 Å². The summed E-state index contributed by atoms with van der Waals surface area (Å²) in [4.78, 5) is 19.6. The van der Waals surface area contributed by atoms with Crippen molar-refractivity contribution in [1.82, 2.24) is 14.8 Å². The molecule has 3 aromatic rings. The highest BCUT2D eigenvalue weighted by molar-refractivity contribution is 8.14. The maximum absolute atomic E-state index is 11.7. The molecule has 1 unspecified atom stereocenters. The van der Waals surface area contributed by atoms with E-state index in [1.807, 2.05) is 29.2 Å². The highest BCUT2D eigenvalue weighted by Gasteiger charge is 2.21. The monoisotopic (exact) mass is 406 g/mol. The Balaban J connectivity index is 1.34. The second kappa shape index (κ2) is 7.65. The second-order valence-corrected chi connectivity index (χ2v) is 8.50. The van der Waals surface area contributed by atoms with Crippen LogP contribution in [0, 0.1) is 0 Å². The first-order valence-electron chi connectivity index (χ1n) is 9.85. The molecule has 6 nitrogen and oxygen atoms in total. The molecule has 0 aliphatic carbocycles. The number of pyridine rings is 1. The summed E-state index contributed by atoms with van der Waals surface area (Å²) in [6.45, 7) is 5.46. The van der Waals surface area contributed by atoms with Crippen molar-refractivity contribution in [1.29, 1.82) is 0 Å². The third-order valence-corrected chi connectivity index (χ3v) is 6.52. The minimum Gasteiger partial charge on any atom is -0.378 e. The minimum absolute atomic E-state index is 0.144. The predicted octanol–water partition coefficient (Wildman–Crippen LogP) is 3.43. The lowest BCUT2D eigenvalue weighted by Gasteiger charge is -2.28. The molecule has 0 amide bonds. The van der Waals surface area contributed by atoms with E-state index in [-0.39, 0.29) is 11.0 Å². The molecule has 7 heteroatoms. The summed E-state index contributed by atoms with van der Waals surface area (Å²) < 4.78 is 7.23. The van der Waals surface area contributed by atoms with Gasteiger partial charge in [-0.05, 0) is 35.4 Å². The van der Waals surface area contributed by atoms with Crippen LogP contribution < -0.4 is 4.90 Å². The van der Waals surface area contributed by atoms with Crippen molar-refractivity contribution in [2.24, 2.45) is 0 Å². The third-order valence-electron chi connectivity index (χ3n) is 5.55. The van der Waals surface area contributed by atoms with Gasteiger partial charge >= 0.3 is 0 Å². The molecule has 1 aromatic carbocycles. The Kier molecular flexibility index (Phi) is 4.85. The predicted molar refractivity (Wildman–Crippen MR) is 113 cm³/mol. The SMILES string of the molecule is CC(c1ccc2c(c1)SC(=O)C2)c1ccn(-c2ccc(N3CCOCC3)cn2)n1. The van der Waals surface area contributed by atoms with Crippen molar-refractivity contribution in [3.05, 3.63) is 65.6 Å². The van der Waals surface area contributed by atoms with Crippen molar-refractivity contribution >= 4 is 22.6 Å². The summed E-state index contributed by atoms with van der Waals surface area (Å²) in [5.41, 5.74) is 4.40. The number of hydrogen-bond donors (Lipinski definition) is 0. The minimum atomic E-state index is 0.144. The largest absolute Gasteiger partial charge is 0.378 e. The topological polar surface area (TPSA) is 60.2 Å². The number of carbonyl (C=O) groups is 1. The molecule has 1 saturated heterocycles. The van der Waals surface area contributed by atoms with Crippen molar-refractivity contribution in [3.8, 4) is 5.82 Å². The van der Waals surface area contributed by atoms with Gasteiger partial charge < -0.3 is 9.64 Å². The summed E-state index contributed by atoms with van der Waals surface area (Å²) >= 11 is 1.35. The molecule has 0 bridgehead atoms. The maximum atomic E-state index is 11.7. The van der Waals surface area contributed by atoms with Crippen LogP contribution in [0.15, 0.2) is 53.7 Å². The average molecular weight is 407 g/mol. The summed E-state index contributed by atoms with van der Waals surface area (Å²) in [6.07, 6.45) is 4.39. The van der Waals surface area contributed by atoms with Crippen molar-refractivity contribution in [3.63, 3.8) is 0 Å². The van der Waals surface area contributed by atoms with Gasteiger partial charge in [0.05, 0.1) is 30.8 Å². The number of aromatic nitrogens is 3. The molecular formula is C22H22N4O2S. The smallest absolute Gasteiger partial charge is 0.198 e. The van der Waals surface area contributed by atoms with E-state index in [2.05, 4.69) is 41.1 Å². The molecule has 1 fully saturated rings. The Morgan fingerprint density at radius 3 is 2.79 bits per heavy atom. The van der Waals surface area contributed by atoms with E-state index in [1.54, 1.807) is 0 Å². The van der Waals surface area contributed by atoms with Gasteiger partial charge in [0.2, 0.25) is 0 Å². The lowest BCUT2D eigenvalue weighted by molar-refractivity contribution is -0.110. The van der Waals surface area contributed by atoms with Gasteiger partial charge in [-0.2, -0.15) is 5.10 Å². The van der Waals surface area contributed by atoms with Crippen LogP contribution in [0.1, 0.15) is 29.7 Å². The van der Waals surface area contributed by atoms with Gasteiger partial charge in [-0.15, -0.1) is 0 Å². The number of ether oxygens (including phenoxy) is 1. The molecule has 2 aliphatic heterocycles. The zero-order valence-electron chi connectivity index (χ0n) is 16.2. The van der Waals surface area contributed by atoms with Crippen molar-refractivity contribution in [2.45, 2.75) is 24.2 Å². The molecule has 0 saturated carbocycles. The van der Waals surface area contributed by atoms with Gasteiger partial charge in [-0.25, -0.2) is 9.67 Å². The van der Waals surface area contributed by atoms with Crippen LogP contribution in [0.5, 0.6) is 0 Å². The highest BCUT2D eigenvalue weighted by Crippen LogP contribution is 2.35. The van der Waals surface area contributed by atoms with Crippen molar-refractivity contribution < 1.29 is 9.53 Å². The van der Waals surface area contributed by atoms with Crippen LogP contribution in [0.4, 0.5) is 5.69 Å². The fourth-order valence-corrected chi connectivity index (χ4v) is 4.72. The van der Waals surface area contributed by atoms with Crippen LogP contribution in [-0.2, 0) is 16.0 Å². The molecule has 0 radical (unpaired) electrons. The van der Waals surface area contributed by atoms with Gasteiger partial charge in [0.15, 0.2) is 10.9 Å². The Labute approximate surface area is 173 Å². The molecule has 29 heavy (non-hydrogen) atoms. The van der Waals surface area contributed by atoms with E-state index in [9.17, 15) is 4.79 Å². The molecule has 0 N–H and O–H groups in total. The lowest BCUT2D eigenvalue weighted by Crippen LogP contribution is -2.36. The fraction of sp³-hybridized carbons (Fsp3) is 0.318. The Morgan fingerprint density at radius 1 is 1.14 bits per heavy atom. The van der Waals surface area contributed by atoms with Crippen LogP contribution in [-0.4, -0.2) is 46.2 Å². The van der Waals surface area contributed by atoms with E-state index in [4.69, 9.17) is 9.84 Å². The van der Waals surface area contributed by atoms with Crippen LogP contribution in [0.3, 0.4) is 0 Å². The Morgan fingerprint density at radius 2 is 2.00 bits per heavy atom. The van der Waals surface area contributed by atoms with Gasteiger partial charge in [0.1, 0.15) is 0 Å². The lowest BCUT2D eigenvalue weighted by atomic mass is 9.96. The zero-order valence-corrected chi connectivity index (χ0v) is 17.1. The fourth-order valence-electron chi connectivity index (χ4n) is 3.79. The van der Waals surface area contributed by atoms with Gasteiger partial charge in [-0.3, -0.25) is 4.79 Å². The Bertz CT molecular complexity index is 1040. The van der Waals surface area contributed by atoms with E-state index >= 15 is 0 Å². The highest BCUT2D eigenvalue weighted by atomic mass is 32.2. The number of hydrogen-bond acceptors (Lipinski definition) is 6. The number of thioether (sulfide) groups is 1. The first kappa shape index (κ1) is 18.4. The number of benzene rings is 1. The number of rotatable bonds is 4. The molecular weight excluding hydrogens is 384 g/mol. The van der Waals surface area contributed by atoms with E-state index in [0.29, 0.717) is 6.42 Å². The normalized spacial score (nSPS) is 17.4. The first-order valence-corrected chi connectivity index (χ1v) is 10.7. The average Bonchev–Trinajstić information content (AvgIpc) is 3.39. The van der Waals surface area contributed by atoms with Gasteiger partial charge in [-0.1, -0.05) is 30.8 Å². The molecule has 5 rings (SSSR count). The number of morpholine rings is 1. The van der Waals surface area contributed by atoms with Crippen LogP contribution in [0.25, 0.3) is 5.82 Å². The number of nitrogens with zero attached hydrogens (tertiary/aromatic N) is 4. The second-order valence-electron chi connectivity index (χ2n) is 7.40. The standard InChI is InChI=1S/C22H22N4O2S/c1-15(16-2-3-17-13-22(27)29-20(17)12-16)19-6-7-26(24-19)21-5-4-18(14-23-21)25-8-10-28-11-9-25/h2-7,12,14-15H,8-11,13H2,1H3. The first-order chi connectivity index (χ1) is 14.2. The molecule has 0 spiro atoms.